The molecule has 0 N–H and O–H groups in total. The third-order valence-corrected chi connectivity index (χ3v) is 5.44. The molecule has 0 unspecified atom stereocenters. The Hall–Kier alpha value is -0.390. The van der Waals surface area contributed by atoms with Crippen molar-refractivity contribution in [3.05, 3.63) is 42.0 Å². The number of hydrogen-bond donors (Lipinski definition) is 0. The molecule has 0 atom stereocenters. The van der Waals surface area contributed by atoms with Gasteiger partial charge in [-0.1, -0.05) is 82.2 Å². The fraction of sp³-hybridized carbons (Fsp3) is 0.500. The van der Waals surface area contributed by atoms with Crippen LogP contribution in [0.2, 0.25) is 0 Å². The third-order valence-electron chi connectivity index (χ3n) is 4.54. The Morgan fingerprint density at radius 2 is 1.36 bits per heavy atom. The van der Waals surface area contributed by atoms with Crippen molar-refractivity contribution in [3.8, 4) is 0 Å². The summed E-state index contributed by atoms with van der Waals surface area (Å²) in [5.41, 5.74) is 1.13. The van der Waals surface area contributed by atoms with Gasteiger partial charge in [-0.05, 0) is 35.2 Å². The molecule has 132 valence electrons. The van der Waals surface area contributed by atoms with Gasteiger partial charge < -0.3 is 4.55 Å². The number of fused-ring (bicyclic) bond motifs is 1. The summed E-state index contributed by atoms with van der Waals surface area (Å²) in [4.78, 5) is -0.113. The molecule has 2 rings (SSSR count). The van der Waals surface area contributed by atoms with Crippen LogP contribution in [0.15, 0.2) is 41.3 Å². The summed E-state index contributed by atoms with van der Waals surface area (Å²) >= 11 is 0. The van der Waals surface area contributed by atoms with E-state index in [1.165, 1.54) is 51.0 Å². The minimum atomic E-state index is -4.44. The molecule has 0 saturated heterocycles. The molecule has 0 fully saturated rings. The molecule has 5 heteroatoms. The van der Waals surface area contributed by atoms with Crippen LogP contribution in [0.5, 0.6) is 0 Å². The molecule has 3 nitrogen and oxygen atoms in total. The van der Waals surface area contributed by atoms with E-state index in [4.69, 9.17) is 0 Å². The fourth-order valence-electron chi connectivity index (χ4n) is 3.22. The Morgan fingerprint density at radius 1 is 0.800 bits per heavy atom. The number of rotatable bonds is 10. The first-order chi connectivity index (χ1) is 11.5. The molecule has 0 aliphatic carbocycles. The largest absolute Gasteiger partial charge is 1.00 e. The molecule has 0 spiro atoms. The number of unbranched alkanes of at least 4 members (excludes halogenated alkanes) is 7. The molecule has 2 aromatic carbocycles. The molecular weight excluding hydrogens is 343 g/mol. The van der Waals surface area contributed by atoms with Crippen LogP contribution in [0.1, 0.15) is 63.9 Å². The Labute approximate surface area is 174 Å². The second-order valence-electron chi connectivity index (χ2n) is 6.45. The van der Waals surface area contributed by atoms with Gasteiger partial charge in [0.2, 0.25) is 0 Å². The topological polar surface area (TPSA) is 57.2 Å². The van der Waals surface area contributed by atoms with Crippen molar-refractivity contribution in [1.29, 1.82) is 0 Å². The second-order valence-corrected chi connectivity index (χ2v) is 7.80. The monoisotopic (exact) mass is 370 g/mol. The minimum absolute atomic E-state index is 0. The van der Waals surface area contributed by atoms with Crippen LogP contribution in [0, 0.1) is 0 Å². The number of benzene rings is 2. The van der Waals surface area contributed by atoms with E-state index < -0.39 is 10.1 Å². The van der Waals surface area contributed by atoms with Gasteiger partial charge in [0.15, 0.2) is 0 Å². The van der Waals surface area contributed by atoms with E-state index in [9.17, 15) is 13.0 Å². The predicted molar refractivity (Wildman–Crippen MR) is 98.2 cm³/mol. The van der Waals surface area contributed by atoms with Gasteiger partial charge in [-0.15, -0.1) is 0 Å². The number of aryl methyl sites for hydroxylation is 1. The molecule has 0 bridgehead atoms. The summed E-state index contributed by atoms with van der Waals surface area (Å²) in [6, 6.07) is 10.6. The van der Waals surface area contributed by atoms with Gasteiger partial charge in [0, 0.05) is 0 Å². The summed E-state index contributed by atoms with van der Waals surface area (Å²) < 4.78 is 34.2. The molecule has 0 aliphatic heterocycles. The first-order valence-corrected chi connectivity index (χ1v) is 10.4. The molecule has 0 heterocycles. The summed E-state index contributed by atoms with van der Waals surface area (Å²) in [5, 5.41) is 1.43. The Kier molecular flexibility index (Phi) is 10.3. The van der Waals surface area contributed by atoms with Crippen molar-refractivity contribution in [1.82, 2.24) is 0 Å². The molecule has 0 radical (unpaired) electrons. The quantitative estimate of drug-likeness (QED) is 0.367. The van der Waals surface area contributed by atoms with E-state index in [0.29, 0.717) is 5.39 Å². The van der Waals surface area contributed by atoms with Gasteiger partial charge >= 0.3 is 29.6 Å². The van der Waals surface area contributed by atoms with Gasteiger partial charge in [0.1, 0.15) is 10.1 Å². The van der Waals surface area contributed by atoms with E-state index in [2.05, 4.69) is 6.92 Å². The zero-order chi connectivity index (χ0) is 17.4. The molecule has 0 aliphatic rings. The molecule has 0 aromatic heterocycles. The van der Waals surface area contributed by atoms with E-state index in [-0.39, 0.29) is 34.5 Å². The van der Waals surface area contributed by atoms with Crippen molar-refractivity contribution >= 4 is 20.9 Å². The van der Waals surface area contributed by atoms with Crippen molar-refractivity contribution in [2.45, 2.75) is 69.6 Å². The summed E-state index contributed by atoms with van der Waals surface area (Å²) in [6.45, 7) is 2.23. The molecule has 0 saturated carbocycles. The summed E-state index contributed by atoms with van der Waals surface area (Å²) in [7, 11) is -4.44. The van der Waals surface area contributed by atoms with Crippen LogP contribution in [-0.2, 0) is 16.5 Å². The first kappa shape index (κ1) is 22.7. The zero-order valence-electron chi connectivity index (χ0n) is 15.5. The predicted octanol–water partition coefficient (Wildman–Crippen LogP) is 2.43. The SMILES string of the molecule is CCCCCCCCCCc1ccc(S(=O)(=O)[O-])c2ccccc12.[Na+]. The van der Waals surface area contributed by atoms with Crippen molar-refractivity contribution in [2.24, 2.45) is 0 Å². The average Bonchev–Trinajstić information content (AvgIpc) is 2.56. The maximum Gasteiger partial charge on any atom is 1.00 e. The van der Waals surface area contributed by atoms with Crippen LogP contribution in [0.4, 0.5) is 0 Å². The van der Waals surface area contributed by atoms with Crippen molar-refractivity contribution in [2.75, 3.05) is 0 Å². The molecule has 25 heavy (non-hydrogen) atoms. The Bertz CT molecular complexity index is 757. The second kappa shape index (κ2) is 11.3. The van der Waals surface area contributed by atoms with Gasteiger partial charge in [-0.25, -0.2) is 8.42 Å². The minimum Gasteiger partial charge on any atom is -0.744 e. The van der Waals surface area contributed by atoms with E-state index >= 15 is 0 Å². The van der Waals surface area contributed by atoms with Gasteiger partial charge in [0.05, 0.1) is 4.90 Å². The standard InChI is InChI=1S/C20H28O3S.Na/c1-2-3-4-5-6-7-8-9-12-17-15-16-20(24(21,22)23)19-14-11-10-13-18(17)19;/h10-11,13-16H,2-9,12H2,1H3,(H,21,22,23);/q;+1/p-1. The van der Waals surface area contributed by atoms with E-state index in [0.717, 1.165) is 23.8 Å². The molecular formula is C20H27NaO3S. The van der Waals surface area contributed by atoms with E-state index in [1.54, 1.807) is 18.2 Å². The molecule has 0 amide bonds. The molecule has 2 aromatic rings. The maximum absolute atomic E-state index is 11.4. The zero-order valence-corrected chi connectivity index (χ0v) is 18.3. The van der Waals surface area contributed by atoms with Gasteiger partial charge in [-0.3, -0.25) is 0 Å². The third kappa shape index (κ3) is 7.03. The smallest absolute Gasteiger partial charge is 0.744 e. The Balaban J connectivity index is 0.00000312. The summed E-state index contributed by atoms with van der Waals surface area (Å²) in [5.74, 6) is 0. The average molecular weight is 370 g/mol. The van der Waals surface area contributed by atoms with Crippen molar-refractivity contribution < 1.29 is 42.5 Å². The van der Waals surface area contributed by atoms with Crippen LogP contribution >= 0.6 is 0 Å². The maximum atomic E-state index is 11.4. The van der Waals surface area contributed by atoms with E-state index in [1.807, 2.05) is 12.1 Å². The normalized spacial score (nSPS) is 11.4. The number of hydrogen-bond acceptors (Lipinski definition) is 3. The summed E-state index contributed by atoms with van der Waals surface area (Å²) in [6.07, 6.45) is 11.1. The van der Waals surface area contributed by atoms with Crippen LogP contribution < -0.4 is 29.6 Å². The fourth-order valence-corrected chi connectivity index (χ4v) is 3.90. The van der Waals surface area contributed by atoms with Gasteiger partial charge in [0.25, 0.3) is 0 Å². The van der Waals surface area contributed by atoms with Gasteiger partial charge in [-0.2, -0.15) is 0 Å². The van der Waals surface area contributed by atoms with Crippen LogP contribution in [-0.4, -0.2) is 13.0 Å². The first-order valence-electron chi connectivity index (χ1n) is 9.00. The Morgan fingerprint density at radius 3 is 1.96 bits per heavy atom. The van der Waals surface area contributed by atoms with Crippen LogP contribution in [0.25, 0.3) is 10.8 Å². The van der Waals surface area contributed by atoms with Crippen molar-refractivity contribution in [3.63, 3.8) is 0 Å². The van der Waals surface area contributed by atoms with Crippen LogP contribution in [0.3, 0.4) is 0 Å².